The molecule has 2 rings (SSSR count). The van der Waals surface area contributed by atoms with Crippen molar-refractivity contribution in [3.8, 4) is 0 Å². The lowest BCUT2D eigenvalue weighted by Crippen LogP contribution is -1.95. The molecule has 1 aromatic carbocycles. The third-order valence-corrected chi connectivity index (χ3v) is 2.31. The van der Waals surface area contributed by atoms with Gasteiger partial charge in [-0.1, -0.05) is 21.0 Å². The second-order valence-corrected chi connectivity index (χ2v) is 3.87. The van der Waals surface area contributed by atoms with Gasteiger partial charge in [-0.25, -0.2) is 4.39 Å². The van der Waals surface area contributed by atoms with E-state index >= 15 is 0 Å². The van der Waals surface area contributed by atoms with Gasteiger partial charge in [-0.2, -0.15) is 0 Å². The fourth-order valence-electron chi connectivity index (χ4n) is 1.09. The lowest BCUT2D eigenvalue weighted by atomic mass is 10.3. The second kappa shape index (κ2) is 4.58. The number of nitrogens with zero attached hydrogens (tertiary/aromatic N) is 2. The van der Waals surface area contributed by atoms with Gasteiger partial charge < -0.3 is 15.5 Å². The first-order valence-electron chi connectivity index (χ1n) is 4.43. The molecule has 0 radical (unpaired) electrons. The van der Waals surface area contributed by atoms with E-state index in [4.69, 9.17) is 10.2 Å². The van der Waals surface area contributed by atoms with Gasteiger partial charge in [0.25, 0.3) is 0 Å². The van der Waals surface area contributed by atoms with Crippen LogP contribution in [0.2, 0.25) is 0 Å². The molecule has 3 N–H and O–H groups in total. The summed E-state index contributed by atoms with van der Waals surface area (Å²) in [6, 6.07) is 4.71. The third kappa shape index (κ3) is 2.37. The summed E-state index contributed by atoms with van der Waals surface area (Å²) in [5.41, 5.74) is 5.56. The van der Waals surface area contributed by atoms with Crippen LogP contribution in [0.5, 0.6) is 0 Å². The normalized spacial score (nSPS) is 10.4. The maximum absolute atomic E-state index is 13.4. The average Bonchev–Trinajstić information content (AvgIpc) is 2.70. The molecule has 0 spiro atoms. The van der Waals surface area contributed by atoms with Crippen LogP contribution < -0.4 is 11.1 Å². The van der Waals surface area contributed by atoms with E-state index in [1.54, 1.807) is 12.1 Å². The molecule has 0 atom stereocenters. The van der Waals surface area contributed by atoms with Crippen molar-refractivity contribution in [1.82, 2.24) is 10.2 Å². The van der Waals surface area contributed by atoms with Crippen LogP contribution in [0.1, 0.15) is 5.89 Å². The minimum absolute atomic E-state index is 0.113. The number of anilines is 2. The Hall–Kier alpha value is -1.47. The Morgan fingerprint density at radius 3 is 2.88 bits per heavy atom. The van der Waals surface area contributed by atoms with E-state index in [0.717, 1.165) is 0 Å². The summed E-state index contributed by atoms with van der Waals surface area (Å²) in [7, 11) is 0. The molecule has 0 aliphatic heterocycles. The lowest BCUT2D eigenvalue weighted by molar-refractivity contribution is 0.510. The van der Waals surface area contributed by atoms with E-state index < -0.39 is 5.82 Å². The standard InChI is InChI=1S/C9H8BrFN4O/c10-5-1-2-7(6(11)3-5)13-9-15-14-8(4-12)16-9/h1-3H,4,12H2,(H,13,15). The van der Waals surface area contributed by atoms with Crippen molar-refractivity contribution < 1.29 is 8.81 Å². The highest BCUT2D eigenvalue weighted by atomic mass is 79.9. The Labute approximate surface area is 99.0 Å². The van der Waals surface area contributed by atoms with Crippen molar-refractivity contribution in [2.75, 3.05) is 5.32 Å². The van der Waals surface area contributed by atoms with Crippen molar-refractivity contribution in [2.24, 2.45) is 5.73 Å². The van der Waals surface area contributed by atoms with Crippen LogP contribution in [0, 0.1) is 5.82 Å². The van der Waals surface area contributed by atoms with E-state index in [9.17, 15) is 4.39 Å². The molecule has 7 heteroatoms. The maximum Gasteiger partial charge on any atom is 0.320 e. The van der Waals surface area contributed by atoms with Gasteiger partial charge in [0.15, 0.2) is 0 Å². The predicted molar refractivity (Wildman–Crippen MR) is 59.6 cm³/mol. The van der Waals surface area contributed by atoms with Crippen LogP contribution in [0.15, 0.2) is 27.1 Å². The number of aromatic nitrogens is 2. The highest BCUT2D eigenvalue weighted by molar-refractivity contribution is 9.10. The molecule has 0 bridgehead atoms. The van der Waals surface area contributed by atoms with Crippen LogP contribution in [0.25, 0.3) is 0 Å². The molecule has 5 nitrogen and oxygen atoms in total. The van der Waals surface area contributed by atoms with Gasteiger partial charge in [-0.05, 0) is 18.2 Å². The number of benzene rings is 1. The molecule has 16 heavy (non-hydrogen) atoms. The van der Waals surface area contributed by atoms with E-state index in [1.807, 2.05) is 0 Å². The van der Waals surface area contributed by atoms with E-state index in [0.29, 0.717) is 10.4 Å². The first-order chi connectivity index (χ1) is 7.69. The second-order valence-electron chi connectivity index (χ2n) is 2.95. The zero-order valence-electron chi connectivity index (χ0n) is 8.08. The SMILES string of the molecule is NCc1nnc(Nc2ccc(Br)cc2F)o1. The van der Waals surface area contributed by atoms with Crippen molar-refractivity contribution in [3.05, 3.63) is 34.4 Å². The number of rotatable bonds is 3. The summed E-state index contributed by atoms with van der Waals surface area (Å²) in [4.78, 5) is 0. The van der Waals surface area contributed by atoms with Crippen LogP contribution in [0.3, 0.4) is 0 Å². The van der Waals surface area contributed by atoms with Gasteiger partial charge in [-0.15, -0.1) is 5.10 Å². The van der Waals surface area contributed by atoms with Crippen LogP contribution in [-0.4, -0.2) is 10.2 Å². The highest BCUT2D eigenvalue weighted by Gasteiger charge is 2.08. The summed E-state index contributed by atoms with van der Waals surface area (Å²) in [5.74, 6) is -0.123. The quantitative estimate of drug-likeness (QED) is 0.904. The van der Waals surface area contributed by atoms with Crippen LogP contribution in [0.4, 0.5) is 16.1 Å². The summed E-state index contributed by atoms with van der Waals surface area (Å²) in [6.07, 6.45) is 0. The smallest absolute Gasteiger partial charge is 0.320 e. The fraction of sp³-hybridized carbons (Fsp3) is 0.111. The van der Waals surface area contributed by atoms with Gasteiger partial charge in [-0.3, -0.25) is 0 Å². The summed E-state index contributed by atoms with van der Waals surface area (Å²) >= 11 is 3.16. The molecule has 84 valence electrons. The average molecular weight is 287 g/mol. The molecule has 1 heterocycles. The Kier molecular flexibility index (Phi) is 3.16. The number of halogens is 2. The molecule has 0 aliphatic rings. The Bertz CT molecular complexity index is 502. The maximum atomic E-state index is 13.4. The summed E-state index contributed by atoms with van der Waals surface area (Å²) in [5, 5.41) is 9.96. The molecular formula is C9H8BrFN4O. The van der Waals surface area contributed by atoms with Gasteiger partial charge >= 0.3 is 6.01 Å². The Morgan fingerprint density at radius 1 is 1.44 bits per heavy atom. The number of nitrogens with two attached hydrogens (primary N) is 1. The van der Waals surface area contributed by atoms with Crippen LogP contribution >= 0.6 is 15.9 Å². The van der Waals surface area contributed by atoms with Gasteiger partial charge in [0, 0.05) is 4.47 Å². The molecule has 1 aromatic heterocycles. The van der Waals surface area contributed by atoms with Crippen molar-refractivity contribution in [2.45, 2.75) is 6.54 Å². The Balaban J connectivity index is 2.20. The largest absolute Gasteiger partial charge is 0.406 e. The molecule has 2 aromatic rings. The molecule has 0 aliphatic carbocycles. The van der Waals surface area contributed by atoms with Crippen molar-refractivity contribution in [3.63, 3.8) is 0 Å². The Morgan fingerprint density at radius 2 is 2.25 bits per heavy atom. The van der Waals surface area contributed by atoms with Crippen molar-refractivity contribution in [1.29, 1.82) is 0 Å². The topological polar surface area (TPSA) is 77.0 Å². The third-order valence-electron chi connectivity index (χ3n) is 1.81. The minimum Gasteiger partial charge on any atom is -0.406 e. The molecular weight excluding hydrogens is 279 g/mol. The minimum atomic E-state index is -0.415. The molecule has 0 amide bonds. The predicted octanol–water partition coefficient (Wildman–Crippen LogP) is 2.17. The number of hydrogen-bond acceptors (Lipinski definition) is 5. The first-order valence-corrected chi connectivity index (χ1v) is 5.23. The zero-order valence-corrected chi connectivity index (χ0v) is 9.66. The molecule has 0 fully saturated rings. The fourth-order valence-corrected chi connectivity index (χ4v) is 1.43. The number of nitrogens with one attached hydrogen (secondary N) is 1. The summed E-state index contributed by atoms with van der Waals surface area (Å²) < 4.78 is 19.2. The monoisotopic (exact) mass is 286 g/mol. The van der Waals surface area contributed by atoms with E-state index in [-0.39, 0.29) is 18.2 Å². The number of hydrogen-bond donors (Lipinski definition) is 2. The van der Waals surface area contributed by atoms with E-state index in [2.05, 4.69) is 31.4 Å². The van der Waals surface area contributed by atoms with Crippen LogP contribution in [-0.2, 0) is 6.54 Å². The molecule has 0 unspecified atom stereocenters. The van der Waals surface area contributed by atoms with Gasteiger partial charge in [0.2, 0.25) is 5.89 Å². The van der Waals surface area contributed by atoms with Gasteiger partial charge in [0.1, 0.15) is 5.82 Å². The lowest BCUT2D eigenvalue weighted by Gasteiger charge is -2.02. The molecule has 0 saturated carbocycles. The first kappa shape index (κ1) is 11.0. The zero-order chi connectivity index (χ0) is 11.5. The van der Waals surface area contributed by atoms with E-state index in [1.165, 1.54) is 6.07 Å². The summed E-state index contributed by atoms with van der Waals surface area (Å²) in [6.45, 7) is 0.150. The van der Waals surface area contributed by atoms with Gasteiger partial charge in [0.05, 0.1) is 12.2 Å². The highest BCUT2D eigenvalue weighted by Crippen LogP contribution is 2.22. The molecule has 0 saturated heterocycles. The van der Waals surface area contributed by atoms with Crippen molar-refractivity contribution >= 4 is 27.6 Å².